The summed E-state index contributed by atoms with van der Waals surface area (Å²) in [6.45, 7) is 4.02. The number of carbonyl (C=O) groups excluding carboxylic acids is 1. The van der Waals surface area contributed by atoms with Crippen LogP contribution in [0.1, 0.15) is 23.0 Å². The van der Waals surface area contributed by atoms with E-state index in [0.717, 1.165) is 43.3 Å². The summed E-state index contributed by atoms with van der Waals surface area (Å²) in [6, 6.07) is 19.6. The monoisotopic (exact) mass is 507 g/mol. The molecule has 0 aliphatic carbocycles. The van der Waals surface area contributed by atoms with Crippen LogP contribution in [0.2, 0.25) is 5.02 Å². The maximum absolute atomic E-state index is 13.2. The highest BCUT2D eigenvalue weighted by molar-refractivity contribution is 9.10. The van der Waals surface area contributed by atoms with Crippen LogP contribution in [0.5, 0.6) is 0 Å². The molecule has 3 aromatic carbocycles. The van der Waals surface area contributed by atoms with Crippen LogP contribution < -0.4 is 0 Å². The third kappa shape index (κ3) is 3.24. The fourth-order valence-electron chi connectivity index (χ4n) is 4.30. The highest BCUT2D eigenvalue weighted by Crippen LogP contribution is 2.44. The first-order valence-corrected chi connectivity index (χ1v) is 11.4. The van der Waals surface area contributed by atoms with E-state index < -0.39 is 0 Å². The van der Waals surface area contributed by atoms with Crippen LogP contribution in [0.3, 0.4) is 0 Å². The second-order valence-corrected chi connectivity index (χ2v) is 8.76. The summed E-state index contributed by atoms with van der Waals surface area (Å²) in [5, 5.41) is 2.29. The van der Waals surface area contributed by atoms with Gasteiger partial charge in [-0.1, -0.05) is 48.0 Å². The Bertz CT molecular complexity index is 1480. The number of benzene rings is 3. The van der Waals surface area contributed by atoms with Crippen molar-refractivity contribution < 1.29 is 13.9 Å². The van der Waals surface area contributed by atoms with Gasteiger partial charge in [-0.05, 0) is 59.6 Å². The predicted octanol–water partition coefficient (Wildman–Crippen LogP) is 7.94. The number of halogens is 2. The average molecular weight is 509 g/mol. The van der Waals surface area contributed by atoms with E-state index in [1.165, 1.54) is 0 Å². The zero-order valence-electron chi connectivity index (χ0n) is 17.5. The summed E-state index contributed by atoms with van der Waals surface area (Å²) < 4.78 is 14.3. The maximum atomic E-state index is 13.2. The lowest BCUT2D eigenvalue weighted by Crippen LogP contribution is -2.07. The highest BCUT2D eigenvalue weighted by Gasteiger charge is 2.27. The minimum atomic E-state index is -0.361. The molecule has 0 atom stereocenters. The van der Waals surface area contributed by atoms with Crippen molar-refractivity contribution in [1.82, 2.24) is 4.57 Å². The number of esters is 1. The molecule has 5 rings (SSSR count). The molecule has 2 heterocycles. The second-order valence-electron chi connectivity index (χ2n) is 7.47. The van der Waals surface area contributed by atoms with Gasteiger partial charge in [0.1, 0.15) is 5.58 Å². The number of hydrogen-bond donors (Lipinski definition) is 0. The highest BCUT2D eigenvalue weighted by atomic mass is 79.9. The van der Waals surface area contributed by atoms with E-state index in [9.17, 15) is 4.79 Å². The van der Waals surface area contributed by atoms with E-state index in [-0.39, 0.29) is 5.97 Å². The second kappa shape index (κ2) is 8.15. The van der Waals surface area contributed by atoms with Gasteiger partial charge in [0, 0.05) is 32.7 Å². The van der Waals surface area contributed by atoms with Gasteiger partial charge in [0.05, 0.1) is 28.4 Å². The van der Waals surface area contributed by atoms with Gasteiger partial charge in [0.2, 0.25) is 0 Å². The topological polar surface area (TPSA) is 44.4 Å². The number of carbonyl (C=O) groups is 1. The molecule has 0 aliphatic rings. The third-order valence-corrected chi connectivity index (χ3v) is 6.42. The molecule has 0 unspecified atom stereocenters. The summed E-state index contributed by atoms with van der Waals surface area (Å²) in [5.74, 6) is -0.361. The van der Waals surface area contributed by atoms with Gasteiger partial charge in [-0.2, -0.15) is 0 Å². The average Bonchev–Trinajstić information content (AvgIpc) is 3.34. The van der Waals surface area contributed by atoms with Gasteiger partial charge in [0.25, 0.3) is 0 Å². The van der Waals surface area contributed by atoms with Crippen molar-refractivity contribution in [3.63, 3.8) is 0 Å². The van der Waals surface area contributed by atoms with Crippen LogP contribution in [0.15, 0.2) is 75.8 Å². The van der Waals surface area contributed by atoms with Gasteiger partial charge in [-0.15, -0.1) is 0 Å². The largest absolute Gasteiger partial charge is 0.462 e. The lowest BCUT2D eigenvalue weighted by molar-refractivity contribution is 0.0528. The normalized spacial score (nSPS) is 11.4. The first-order valence-electron chi connectivity index (χ1n) is 10.2. The standard InChI is InChI=1S/C26H19BrClNO3/c1-3-31-26(30)22-15(2)29(18-11-7-10-17(28)12-18)21-13-20(27)25-23(24(21)22)19(14-32-25)16-8-5-4-6-9-16/h4-14H,3H2,1-2H3. The summed E-state index contributed by atoms with van der Waals surface area (Å²) in [4.78, 5) is 13.2. The molecule has 0 N–H and O–H groups in total. The van der Waals surface area contributed by atoms with E-state index >= 15 is 0 Å². The smallest absolute Gasteiger partial charge is 0.340 e. The van der Waals surface area contributed by atoms with Crippen molar-refractivity contribution in [2.24, 2.45) is 0 Å². The van der Waals surface area contributed by atoms with Crippen LogP contribution in [0, 0.1) is 6.92 Å². The number of furan rings is 1. The van der Waals surface area contributed by atoms with Crippen LogP contribution in [0.4, 0.5) is 0 Å². The Morgan fingerprint density at radius 3 is 2.59 bits per heavy atom. The van der Waals surface area contributed by atoms with Crippen LogP contribution in [-0.4, -0.2) is 17.1 Å². The van der Waals surface area contributed by atoms with Crippen LogP contribution in [-0.2, 0) is 4.74 Å². The first kappa shape index (κ1) is 20.9. The number of fused-ring (bicyclic) bond motifs is 3. The molecular weight excluding hydrogens is 490 g/mol. The van der Waals surface area contributed by atoms with Crippen LogP contribution >= 0.6 is 27.5 Å². The Kier molecular flexibility index (Phi) is 5.31. The summed E-state index contributed by atoms with van der Waals surface area (Å²) in [5.41, 5.74) is 5.65. The summed E-state index contributed by atoms with van der Waals surface area (Å²) in [6.07, 6.45) is 1.74. The van der Waals surface area contributed by atoms with Gasteiger partial charge in [0.15, 0.2) is 0 Å². The first-order chi connectivity index (χ1) is 15.5. The molecule has 0 aliphatic heterocycles. The van der Waals surface area contributed by atoms with Gasteiger partial charge >= 0.3 is 5.97 Å². The number of aromatic nitrogens is 1. The summed E-state index contributed by atoms with van der Waals surface area (Å²) in [7, 11) is 0. The van der Waals surface area contributed by atoms with Crippen molar-refractivity contribution in [2.45, 2.75) is 13.8 Å². The van der Waals surface area contributed by atoms with E-state index in [2.05, 4.69) is 15.9 Å². The van der Waals surface area contributed by atoms with Crippen molar-refractivity contribution in [3.8, 4) is 16.8 Å². The Morgan fingerprint density at radius 2 is 1.88 bits per heavy atom. The summed E-state index contributed by atoms with van der Waals surface area (Å²) >= 11 is 9.98. The molecule has 2 aromatic heterocycles. The number of ether oxygens (including phenoxy) is 1. The molecular formula is C26H19BrClNO3. The Balaban J connectivity index is 1.97. The zero-order valence-corrected chi connectivity index (χ0v) is 19.8. The number of nitrogens with zero attached hydrogens (tertiary/aromatic N) is 1. The molecule has 0 amide bonds. The van der Waals surface area contributed by atoms with E-state index in [1.54, 1.807) is 6.26 Å². The molecule has 160 valence electrons. The molecule has 0 bridgehead atoms. The Labute approximate surface area is 198 Å². The molecule has 4 nitrogen and oxygen atoms in total. The van der Waals surface area contributed by atoms with Crippen LogP contribution in [0.25, 0.3) is 38.7 Å². The van der Waals surface area contributed by atoms with Crippen molar-refractivity contribution in [3.05, 3.63) is 87.7 Å². The molecule has 32 heavy (non-hydrogen) atoms. The predicted molar refractivity (Wildman–Crippen MR) is 132 cm³/mol. The Morgan fingerprint density at radius 1 is 1.09 bits per heavy atom. The van der Waals surface area contributed by atoms with Gasteiger partial charge in [-0.25, -0.2) is 4.79 Å². The molecule has 0 saturated carbocycles. The SMILES string of the molecule is CCOC(=O)c1c(C)n(-c2cccc(Cl)c2)c2cc(Br)c3occ(-c4ccccc4)c3c12. The molecule has 0 fully saturated rings. The Hall–Kier alpha value is -3.02. The lowest BCUT2D eigenvalue weighted by Gasteiger charge is -2.09. The molecule has 0 spiro atoms. The number of hydrogen-bond acceptors (Lipinski definition) is 3. The van der Waals surface area contributed by atoms with Crippen molar-refractivity contribution in [2.75, 3.05) is 6.61 Å². The van der Waals surface area contributed by atoms with E-state index in [4.69, 9.17) is 20.8 Å². The van der Waals surface area contributed by atoms with Gasteiger partial charge in [-0.3, -0.25) is 0 Å². The van der Waals surface area contributed by atoms with E-state index in [1.807, 2.05) is 79.1 Å². The zero-order chi connectivity index (χ0) is 22.4. The minimum absolute atomic E-state index is 0.290. The number of rotatable bonds is 4. The molecule has 5 aromatic rings. The van der Waals surface area contributed by atoms with Crippen molar-refractivity contribution >= 4 is 55.4 Å². The fraction of sp³-hybridized carbons (Fsp3) is 0.115. The van der Waals surface area contributed by atoms with E-state index in [0.29, 0.717) is 22.8 Å². The quantitative estimate of drug-likeness (QED) is 0.231. The third-order valence-electron chi connectivity index (χ3n) is 5.60. The molecule has 0 saturated heterocycles. The van der Waals surface area contributed by atoms with Gasteiger partial charge < -0.3 is 13.7 Å². The minimum Gasteiger partial charge on any atom is -0.462 e. The van der Waals surface area contributed by atoms with Crippen molar-refractivity contribution in [1.29, 1.82) is 0 Å². The maximum Gasteiger partial charge on any atom is 0.340 e. The molecule has 0 radical (unpaired) electrons. The fourth-order valence-corrected chi connectivity index (χ4v) is 4.99. The lowest BCUT2D eigenvalue weighted by atomic mass is 9.99. The molecule has 6 heteroatoms.